The van der Waals surface area contributed by atoms with E-state index in [2.05, 4.69) is 0 Å². The molecule has 5 heteroatoms. The van der Waals surface area contributed by atoms with Crippen LogP contribution in [0.3, 0.4) is 0 Å². The van der Waals surface area contributed by atoms with Gasteiger partial charge in [0.15, 0.2) is 0 Å². The molecule has 0 aliphatic carbocycles. The van der Waals surface area contributed by atoms with Gasteiger partial charge in [0.1, 0.15) is 0 Å². The van der Waals surface area contributed by atoms with Crippen LogP contribution in [0.5, 0.6) is 0 Å². The summed E-state index contributed by atoms with van der Waals surface area (Å²) in [5.41, 5.74) is 5.76. The number of aliphatic carboxylic acids is 1. The van der Waals surface area contributed by atoms with Crippen molar-refractivity contribution in [2.75, 3.05) is 6.54 Å². The van der Waals surface area contributed by atoms with E-state index in [-0.39, 0.29) is 18.4 Å². The van der Waals surface area contributed by atoms with Crippen LogP contribution in [0, 0.1) is 0 Å². The lowest BCUT2D eigenvalue weighted by Crippen LogP contribution is -2.46. The highest BCUT2D eigenvalue weighted by Gasteiger charge is 2.32. The zero-order valence-corrected chi connectivity index (χ0v) is 9.69. The van der Waals surface area contributed by atoms with E-state index >= 15 is 0 Å². The van der Waals surface area contributed by atoms with E-state index in [1.807, 2.05) is 6.92 Å². The largest absolute Gasteiger partial charge is 0.481 e. The fourth-order valence-corrected chi connectivity index (χ4v) is 2.19. The summed E-state index contributed by atoms with van der Waals surface area (Å²) < 4.78 is 0. The second-order valence-electron chi connectivity index (χ2n) is 4.32. The average molecular weight is 228 g/mol. The van der Waals surface area contributed by atoms with Gasteiger partial charge in [0, 0.05) is 12.6 Å². The van der Waals surface area contributed by atoms with Crippen molar-refractivity contribution in [1.29, 1.82) is 0 Å². The van der Waals surface area contributed by atoms with Crippen LogP contribution in [0.25, 0.3) is 0 Å². The summed E-state index contributed by atoms with van der Waals surface area (Å²) in [4.78, 5) is 24.2. The molecular formula is C11H20N2O3. The number of carboxylic acid groups (broad SMARTS) is 1. The standard InChI is InChI=1S/C11H20N2O3/c1-2-4-9(12)11(16)13-6-3-5-8(13)7-10(14)15/h8-9H,2-7,12H2,1H3,(H,14,15)/t8?,9-/m0/s1. The normalized spacial score (nSPS) is 22.1. The van der Waals surface area contributed by atoms with Crippen molar-refractivity contribution >= 4 is 11.9 Å². The minimum absolute atomic E-state index is 0.0323. The number of nitrogens with zero attached hydrogens (tertiary/aromatic N) is 1. The van der Waals surface area contributed by atoms with Crippen LogP contribution >= 0.6 is 0 Å². The zero-order valence-electron chi connectivity index (χ0n) is 9.69. The van der Waals surface area contributed by atoms with Gasteiger partial charge < -0.3 is 15.7 Å². The summed E-state index contributed by atoms with van der Waals surface area (Å²) in [5, 5.41) is 8.75. The number of nitrogens with two attached hydrogens (primary N) is 1. The number of likely N-dealkylation sites (tertiary alicyclic amines) is 1. The Morgan fingerprint density at radius 3 is 2.81 bits per heavy atom. The molecule has 1 heterocycles. The van der Waals surface area contributed by atoms with Crippen molar-refractivity contribution in [3.05, 3.63) is 0 Å². The second-order valence-corrected chi connectivity index (χ2v) is 4.32. The fourth-order valence-electron chi connectivity index (χ4n) is 2.19. The molecule has 1 aliphatic rings. The lowest BCUT2D eigenvalue weighted by molar-refractivity contribution is -0.140. The van der Waals surface area contributed by atoms with Gasteiger partial charge >= 0.3 is 5.97 Å². The number of carboxylic acids is 1. The predicted octanol–water partition coefficient (Wildman–Crippen LogP) is 0.579. The van der Waals surface area contributed by atoms with Crippen LogP contribution in [0.2, 0.25) is 0 Å². The minimum Gasteiger partial charge on any atom is -0.481 e. The molecule has 0 radical (unpaired) electrons. The van der Waals surface area contributed by atoms with Crippen LogP contribution in [0.1, 0.15) is 39.0 Å². The summed E-state index contributed by atoms with van der Waals surface area (Å²) in [6.45, 7) is 2.63. The van der Waals surface area contributed by atoms with Crippen LogP contribution in [-0.4, -0.2) is 40.5 Å². The van der Waals surface area contributed by atoms with Crippen molar-refractivity contribution in [3.8, 4) is 0 Å². The molecule has 1 unspecified atom stereocenters. The molecule has 0 spiro atoms. The van der Waals surface area contributed by atoms with E-state index < -0.39 is 12.0 Å². The van der Waals surface area contributed by atoms with Crippen molar-refractivity contribution in [3.63, 3.8) is 0 Å². The van der Waals surface area contributed by atoms with Crippen molar-refractivity contribution < 1.29 is 14.7 Å². The number of carbonyl (C=O) groups is 2. The Kier molecular flexibility index (Phi) is 4.73. The first-order valence-corrected chi connectivity index (χ1v) is 5.84. The molecule has 2 atom stereocenters. The summed E-state index contributed by atoms with van der Waals surface area (Å²) in [6, 6.07) is -0.632. The fraction of sp³-hybridized carbons (Fsp3) is 0.818. The SMILES string of the molecule is CCC[C@H](N)C(=O)N1CCCC1CC(=O)O. The van der Waals surface area contributed by atoms with Gasteiger partial charge in [-0.15, -0.1) is 0 Å². The molecule has 92 valence electrons. The van der Waals surface area contributed by atoms with Gasteiger partial charge in [-0.1, -0.05) is 13.3 Å². The molecule has 5 nitrogen and oxygen atoms in total. The van der Waals surface area contributed by atoms with Crippen molar-refractivity contribution in [2.45, 2.75) is 51.1 Å². The molecule has 0 aromatic heterocycles. The third-order valence-corrected chi connectivity index (χ3v) is 2.99. The third-order valence-electron chi connectivity index (χ3n) is 2.99. The average Bonchev–Trinajstić information content (AvgIpc) is 2.64. The van der Waals surface area contributed by atoms with E-state index in [1.165, 1.54) is 0 Å². The van der Waals surface area contributed by atoms with Gasteiger partial charge in [0.05, 0.1) is 12.5 Å². The van der Waals surface area contributed by atoms with E-state index in [4.69, 9.17) is 10.8 Å². The molecule has 1 fully saturated rings. The number of hydrogen-bond donors (Lipinski definition) is 2. The van der Waals surface area contributed by atoms with E-state index in [0.717, 1.165) is 19.3 Å². The van der Waals surface area contributed by atoms with E-state index in [0.29, 0.717) is 13.0 Å². The maximum atomic E-state index is 11.9. The summed E-state index contributed by atoms with van der Waals surface area (Å²) in [6.07, 6.45) is 3.21. The molecule has 0 saturated carbocycles. The first-order valence-electron chi connectivity index (χ1n) is 5.84. The Labute approximate surface area is 95.6 Å². The van der Waals surface area contributed by atoms with Crippen molar-refractivity contribution in [1.82, 2.24) is 4.90 Å². The molecule has 16 heavy (non-hydrogen) atoms. The predicted molar refractivity (Wildman–Crippen MR) is 59.9 cm³/mol. The Balaban J connectivity index is 2.56. The number of carbonyl (C=O) groups excluding carboxylic acids is 1. The maximum absolute atomic E-state index is 11.9. The first-order chi connectivity index (χ1) is 7.56. The Hall–Kier alpha value is -1.10. The Morgan fingerprint density at radius 2 is 2.25 bits per heavy atom. The van der Waals surface area contributed by atoms with Gasteiger partial charge in [0.25, 0.3) is 0 Å². The molecule has 1 saturated heterocycles. The monoisotopic (exact) mass is 228 g/mol. The van der Waals surface area contributed by atoms with Crippen LogP contribution in [0.15, 0.2) is 0 Å². The molecule has 0 bridgehead atoms. The summed E-state index contributed by atoms with van der Waals surface area (Å²) in [5.74, 6) is -0.945. The first kappa shape index (κ1) is 13.0. The molecule has 1 rings (SSSR count). The highest BCUT2D eigenvalue weighted by Crippen LogP contribution is 2.21. The summed E-state index contributed by atoms with van der Waals surface area (Å²) in [7, 11) is 0. The van der Waals surface area contributed by atoms with Gasteiger partial charge in [-0.3, -0.25) is 9.59 Å². The number of hydrogen-bond acceptors (Lipinski definition) is 3. The highest BCUT2D eigenvalue weighted by atomic mass is 16.4. The molecule has 0 aromatic rings. The molecule has 3 N–H and O–H groups in total. The summed E-state index contributed by atoms with van der Waals surface area (Å²) >= 11 is 0. The topological polar surface area (TPSA) is 83.6 Å². The van der Waals surface area contributed by atoms with Gasteiger partial charge in [-0.05, 0) is 19.3 Å². The van der Waals surface area contributed by atoms with Gasteiger partial charge in [-0.25, -0.2) is 0 Å². The number of amides is 1. The molecule has 0 aromatic carbocycles. The van der Waals surface area contributed by atoms with Gasteiger partial charge in [0.2, 0.25) is 5.91 Å². The highest BCUT2D eigenvalue weighted by molar-refractivity contribution is 5.82. The quantitative estimate of drug-likeness (QED) is 0.721. The van der Waals surface area contributed by atoms with Crippen LogP contribution in [0.4, 0.5) is 0 Å². The minimum atomic E-state index is -0.853. The van der Waals surface area contributed by atoms with Crippen LogP contribution < -0.4 is 5.73 Å². The third kappa shape index (κ3) is 3.20. The zero-order chi connectivity index (χ0) is 12.1. The molecular weight excluding hydrogens is 208 g/mol. The van der Waals surface area contributed by atoms with Crippen molar-refractivity contribution in [2.24, 2.45) is 5.73 Å². The van der Waals surface area contributed by atoms with E-state index in [1.54, 1.807) is 4.90 Å². The lowest BCUT2D eigenvalue weighted by atomic mass is 10.1. The lowest BCUT2D eigenvalue weighted by Gasteiger charge is -2.26. The number of rotatable bonds is 5. The maximum Gasteiger partial charge on any atom is 0.305 e. The van der Waals surface area contributed by atoms with Crippen LogP contribution in [-0.2, 0) is 9.59 Å². The smallest absolute Gasteiger partial charge is 0.305 e. The van der Waals surface area contributed by atoms with Gasteiger partial charge in [-0.2, -0.15) is 0 Å². The Morgan fingerprint density at radius 1 is 1.56 bits per heavy atom. The van der Waals surface area contributed by atoms with E-state index in [9.17, 15) is 9.59 Å². The molecule has 1 aliphatic heterocycles. The molecule has 1 amide bonds. The second kappa shape index (κ2) is 5.84. The Bertz CT molecular complexity index is 268.